The summed E-state index contributed by atoms with van der Waals surface area (Å²) in [5.41, 5.74) is 4.62. The molecule has 2 aromatic rings. The molecule has 0 saturated heterocycles. The molecule has 0 radical (unpaired) electrons. The Morgan fingerprint density at radius 1 is 0.960 bits per heavy atom. The van der Waals surface area contributed by atoms with Gasteiger partial charge in [0.05, 0.1) is 0 Å². The van der Waals surface area contributed by atoms with Gasteiger partial charge in [-0.1, -0.05) is 56.3 Å². The number of rotatable bonds is 9. The van der Waals surface area contributed by atoms with Crippen LogP contribution in [0.3, 0.4) is 0 Å². The van der Waals surface area contributed by atoms with Crippen LogP contribution < -0.4 is 5.32 Å². The minimum atomic E-state index is -0.201. The van der Waals surface area contributed by atoms with Gasteiger partial charge < -0.3 is 10.2 Å². The van der Waals surface area contributed by atoms with Crippen LogP contribution in [0.2, 0.25) is 0 Å². The van der Waals surface area contributed by atoms with Crippen molar-refractivity contribution >= 4 is 5.57 Å². The first-order chi connectivity index (χ1) is 12.1. The molecule has 0 bridgehead atoms. The molecule has 0 saturated carbocycles. The second-order valence-electron chi connectivity index (χ2n) is 6.20. The third kappa shape index (κ3) is 6.11. The monoisotopic (exact) mass is 340 g/mol. The van der Waals surface area contributed by atoms with Gasteiger partial charge in [0.1, 0.15) is 5.82 Å². The van der Waals surface area contributed by atoms with E-state index in [1.54, 1.807) is 0 Å². The van der Waals surface area contributed by atoms with Crippen LogP contribution in [0.15, 0.2) is 54.6 Å². The van der Waals surface area contributed by atoms with Gasteiger partial charge in [-0.05, 0) is 54.4 Å². The summed E-state index contributed by atoms with van der Waals surface area (Å²) >= 11 is 0. The largest absolute Gasteiger partial charge is 0.312 e. The Bertz CT molecular complexity index is 655. The number of benzene rings is 2. The quantitative estimate of drug-likeness (QED) is 0.658. The summed E-state index contributed by atoms with van der Waals surface area (Å²) in [4.78, 5) is 2.41. The summed E-state index contributed by atoms with van der Waals surface area (Å²) in [5.74, 6) is -0.201. The van der Waals surface area contributed by atoms with E-state index >= 15 is 0 Å². The van der Waals surface area contributed by atoms with Gasteiger partial charge in [0.15, 0.2) is 0 Å². The molecule has 0 fully saturated rings. The molecule has 0 amide bonds. The molecule has 0 aliphatic rings. The molecule has 1 N–H and O–H groups in total. The lowest BCUT2D eigenvalue weighted by molar-refractivity contribution is 0.304. The minimum absolute atomic E-state index is 0.201. The van der Waals surface area contributed by atoms with Gasteiger partial charge in [0.25, 0.3) is 0 Å². The Hall–Kier alpha value is -1.97. The molecule has 0 aromatic heterocycles. The average molecular weight is 340 g/mol. The molecule has 0 atom stereocenters. The molecule has 2 rings (SSSR count). The fourth-order valence-corrected chi connectivity index (χ4v) is 2.79. The van der Waals surface area contributed by atoms with Crippen molar-refractivity contribution in [3.8, 4) is 11.1 Å². The summed E-state index contributed by atoms with van der Waals surface area (Å²) in [6.45, 7) is 11.7. The average Bonchev–Trinajstić information content (AvgIpc) is 2.65. The molecular formula is C22H29FN2. The van der Waals surface area contributed by atoms with Crippen molar-refractivity contribution in [1.82, 2.24) is 10.2 Å². The second kappa shape index (κ2) is 10.1. The third-order valence-electron chi connectivity index (χ3n) is 4.57. The predicted octanol–water partition coefficient (Wildman–Crippen LogP) is 4.83. The van der Waals surface area contributed by atoms with Crippen molar-refractivity contribution in [1.29, 1.82) is 0 Å². The summed E-state index contributed by atoms with van der Waals surface area (Å²) < 4.78 is 13.0. The first-order valence-corrected chi connectivity index (χ1v) is 9.10. The lowest BCUT2D eigenvalue weighted by Gasteiger charge is -2.17. The highest BCUT2D eigenvalue weighted by Crippen LogP contribution is 2.22. The highest BCUT2D eigenvalue weighted by molar-refractivity contribution is 5.69. The minimum Gasteiger partial charge on any atom is -0.312 e. The van der Waals surface area contributed by atoms with Crippen molar-refractivity contribution in [2.45, 2.75) is 20.8 Å². The lowest BCUT2D eigenvalue weighted by Crippen LogP contribution is -2.31. The van der Waals surface area contributed by atoms with Crippen LogP contribution in [-0.4, -0.2) is 37.6 Å². The van der Waals surface area contributed by atoms with E-state index in [0.29, 0.717) is 0 Å². The SMILES string of the molecule is CCN(CC)CCNCC=C(C)c1ccc(-c2ccc(F)cc2)cc1. The summed E-state index contributed by atoms with van der Waals surface area (Å²) in [7, 11) is 0. The number of allylic oxidation sites excluding steroid dienone is 1. The van der Waals surface area contributed by atoms with E-state index in [-0.39, 0.29) is 5.82 Å². The van der Waals surface area contributed by atoms with Gasteiger partial charge in [-0.2, -0.15) is 0 Å². The summed E-state index contributed by atoms with van der Waals surface area (Å²) in [6, 6.07) is 15.1. The zero-order valence-corrected chi connectivity index (χ0v) is 15.6. The van der Waals surface area contributed by atoms with Crippen molar-refractivity contribution in [2.75, 3.05) is 32.7 Å². The van der Waals surface area contributed by atoms with Crippen LogP contribution in [0.25, 0.3) is 16.7 Å². The first-order valence-electron chi connectivity index (χ1n) is 9.10. The van der Waals surface area contributed by atoms with E-state index < -0.39 is 0 Å². The van der Waals surface area contributed by atoms with E-state index in [4.69, 9.17) is 0 Å². The molecule has 3 heteroatoms. The van der Waals surface area contributed by atoms with Gasteiger partial charge in [0, 0.05) is 19.6 Å². The molecule has 0 aliphatic carbocycles. The van der Waals surface area contributed by atoms with Crippen molar-refractivity contribution in [3.63, 3.8) is 0 Å². The number of halogens is 1. The number of hydrogen-bond acceptors (Lipinski definition) is 2. The number of hydrogen-bond donors (Lipinski definition) is 1. The molecule has 0 unspecified atom stereocenters. The Balaban J connectivity index is 1.87. The number of nitrogens with zero attached hydrogens (tertiary/aromatic N) is 1. The Morgan fingerprint density at radius 2 is 1.52 bits per heavy atom. The number of nitrogens with one attached hydrogen (secondary N) is 1. The van der Waals surface area contributed by atoms with Crippen LogP contribution >= 0.6 is 0 Å². The smallest absolute Gasteiger partial charge is 0.123 e. The van der Waals surface area contributed by atoms with Crippen LogP contribution in [0.4, 0.5) is 4.39 Å². The van der Waals surface area contributed by atoms with Crippen molar-refractivity contribution in [3.05, 3.63) is 66.0 Å². The molecule has 2 nitrogen and oxygen atoms in total. The van der Waals surface area contributed by atoms with Crippen molar-refractivity contribution in [2.24, 2.45) is 0 Å². The molecule has 0 aliphatic heterocycles. The third-order valence-corrected chi connectivity index (χ3v) is 4.57. The summed E-state index contributed by atoms with van der Waals surface area (Å²) in [5, 5.41) is 3.47. The van der Waals surface area contributed by atoms with Gasteiger partial charge in [0.2, 0.25) is 0 Å². The Morgan fingerprint density at radius 3 is 2.08 bits per heavy atom. The maximum absolute atomic E-state index is 13.0. The Labute approximate surface area is 151 Å². The van der Waals surface area contributed by atoms with E-state index in [9.17, 15) is 4.39 Å². The Kier molecular flexibility index (Phi) is 7.83. The van der Waals surface area contributed by atoms with Gasteiger partial charge in [-0.25, -0.2) is 4.39 Å². The van der Waals surface area contributed by atoms with Crippen LogP contribution in [-0.2, 0) is 0 Å². The van der Waals surface area contributed by atoms with Crippen molar-refractivity contribution < 1.29 is 4.39 Å². The lowest BCUT2D eigenvalue weighted by atomic mass is 10.0. The normalized spacial score (nSPS) is 12.0. The second-order valence-corrected chi connectivity index (χ2v) is 6.20. The maximum atomic E-state index is 13.0. The summed E-state index contributed by atoms with van der Waals surface area (Å²) in [6.07, 6.45) is 2.23. The van der Waals surface area contributed by atoms with E-state index in [2.05, 4.69) is 61.3 Å². The standard InChI is InChI=1S/C22H29FN2/c1-4-25(5-2)17-16-24-15-14-18(3)19-6-8-20(9-7-19)21-10-12-22(23)13-11-21/h6-14,24H,4-5,15-17H2,1-3H3. The maximum Gasteiger partial charge on any atom is 0.123 e. The van der Waals surface area contributed by atoms with Gasteiger partial charge >= 0.3 is 0 Å². The topological polar surface area (TPSA) is 15.3 Å². The first kappa shape index (κ1) is 19.4. The van der Waals surface area contributed by atoms with E-state index in [1.165, 1.54) is 23.3 Å². The highest BCUT2D eigenvalue weighted by atomic mass is 19.1. The molecule has 134 valence electrons. The zero-order valence-electron chi connectivity index (χ0n) is 15.6. The van der Waals surface area contributed by atoms with Gasteiger partial charge in [-0.3, -0.25) is 0 Å². The molecular weight excluding hydrogens is 311 g/mol. The molecule has 0 heterocycles. The molecule has 25 heavy (non-hydrogen) atoms. The fourth-order valence-electron chi connectivity index (χ4n) is 2.79. The number of likely N-dealkylation sites (N-methyl/N-ethyl adjacent to an activating group) is 1. The van der Waals surface area contributed by atoms with E-state index in [0.717, 1.165) is 43.9 Å². The molecule has 0 spiro atoms. The van der Waals surface area contributed by atoms with Crippen LogP contribution in [0.1, 0.15) is 26.3 Å². The predicted molar refractivity (Wildman–Crippen MR) is 106 cm³/mol. The van der Waals surface area contributed by atoms with Gasteiger partial charge in [-0.15, -0.1) is 0 Å². The van der Waals surface area contributed by atoms with Crippen LogP contribution in [0, 0.1) is 5.82 Å². The fraction of sp³-hybridized carbons (Fsp3) is 0.364. The highest BCUT2D eigenvalue weighted by Gasteiger charge is 2.01. The van der Waals surface area contributed by atoms with E-state index in [1.807, 2.05) is 12.1 Å². The zero-order chi connectivity index (χ0) is 18.1. The molecule has 2 aromatic carbocycles. The van der Waals surface area contributed by atoms with Crippen LogP contribution in [0.5, 0.6) is 0 Å².